The van der Waals surface area contributed by atoms with Gasteiger partial charge in [-0.2, -0.15) is 0 Å². The van der Waals surface area contributed by atoms with E-state index in [2.05, 4.69) is 0 Å². The average Bonchev–Trinajstić information content (AvgIpc) is 1.78. The van der Waals surface area contributed by atoms with E-state index in [1.54, 1.807) is 0 Å². The lowest BCUT2D eigenvalue weighted by Gasteiger charge is -2.59. The maximum atomic E-state index is 12.8. The molecule has 1 heterocycles. The zero-order chi connectivity index (χ0) is 7.41. The van der Waals surface area contributed by atoms with Gasteiger partial charge >= 0.3 is 0 Å². The summed E-state index contributed by atoms with van der Waals surface area (Å²) in [6.07, 6.45) is 0.838. The van der Waals surface area contributed by atoms with Gasteiger partial charge in [0, 0.05) is 19.5 Å². The maximum absolute atomic E-state index is 12.8. The van der Waals surface area contributed by atoms with Crippen LogP contribution < -0.4 is 0 Å². The molecule has 58 valence electrons. The van der Waals surface area contributed by atoms with Crippen molar-refractivity contribution in [3.05, 3.63) is 0 Å². The van der Waals surface area contributed by atoms with Crippen LogP contribution >= 0.6 is 0 Å². The molecule has 0 aromatic heterocycles. The monoisotopic (exact) mass is 147 g/mol. The van der Waals surface area contributed by atoms with E-state index in [4.69, 9.17) is 0 Å². The van der Waals surface area contributed by atoms with E-state index >= 15 is 0 Å². The highest BCUT2D eigenvalue weighted by Gasteiger charge is 2.65. The van der Waals surface area contributed by atoms with Crippen LogP contribution in [0, 0.1) is 5.41 Å². The van der Waals surface area contributed by atoms with Gasteiger partial charge in [-0.05, 0) is 13.5 Å². The van der Waals surface area contributed by atoms with Gasteiger partial charge in [0.1, 0.15) is 0 Å². The van der Waals surface area contributed by atoms with Crippen molar-refractivity contribution in [1.29, 1.82) is 0 Å². The molecule has 0 bridgehead atoms. The van der Waals surface area contributed by atoms with Gasteiger partial charge in [-0.1, -0.05) is 0 Å². The first-order valence-corrected chi connectivity index (χ1v) is 3.62. The number of hydrogen-bond donors (Lipinski definition) is 0. The fourth-order valence-corrected chi connectivity index (χ4v) is 2.04. The Kier molecular flexibility index (Phi) is 0.994. The summed E-state index contributed by atoms with van der Waals surface area (Å²) in [5.41, 5.74) is -0.595. The van der Waals surface area contributed by atoms with Crippen molar-refractivity contribution in [2.45, 2.75) is 18.8 Å². The summed E-state index contributed by atoms with van der Waals surface area (Å²) in [5, 5.41) is 0. The predicted octanol–water partition coefficient (Wildman–Crippen LogP) is 1.35. The fraction of sp³-hybridized carbons (Fsp3) is 1.00. The van der Waals surface area contributed by atoms with Crippen LogP contribution in [0.25, 0.3) is 0 Å². The molecule has 1 aliphatic heterocycles. The van der Waals surface area contributed by atoms with Crippen molar-refractivity contribution in [3.8, 4) is 0 Å². The zero-order valence-corrected chi connectivity index (χ0v) is 6.03. The Hall–Kier alpha value is -0.180. The van der Waals surface area contributed by atoms with Crippen LogP contribution in [0.3, 0.4) is 0 Å². The molecule has 2 aliphatic rings. The van der Waals surface area contributed by atoms with Crippen LogP contribution in [-0.4, -0.2) is 31.0 Å². The van der Waals surface area contributed by atoms with Gasteiger partial charge < -0.3 is 4.90 Å². The van der Waals surface area contributed by atoms with Crippen LogP contribution in [0.1, 0.15) is 12.8 Å². The summed E-state index contributed by atoms with van der Waals surface area (Å²) >= 11 is 0. The van der Waals surface area contributed by atoms with Gasteiger partial charge in [0.15, 0.2) is 0 Å². The molecule has 10 heavy (non-hydrogen) atoms. The lowest BCUT2D eigenvalue weighted by atomic mass is 9.60. The molecule has 1 nitrogen and oxygen atoms in total. The second kappa shape index (κ2) is 1.52. The predicted molar refractivity (Wildman–Crippen MR) is 34.1 cm³/mol. The second-order valence-corrected chi connectivity index (χ2v) is 3.66. The molecule has 0 aromatic carbocycles. The van der Waals surface area contributed by atoms with Gasteiger partial charge in [0.05, 0.1) is 5.41 Å². The number of nitrogens with zero attached hydrogens (tertiary/aromatic N) is 1. The van der Waals surface area contributed by atoms with E-state index in [9.17, 15) is 8.78 Å². The van der Waals surface area contributed by atoms with E-state index < -0.39 is 11.3 Å². The summed E-state index contributed by atoms with van der Waals surface area (Å²) in [7, 11) is 1.89. The molecular formula is C7H11F2N. The van der Waals surface area contributed by atoms with E-state index in [0.29, 0.717) is 13.1 Å². The summed E-state index contributed by atoms with van der Waals surface area (Å²) in [5.74, 6) is -2.35. The molecule has 1 spiro atoms. The van der Waals surface area contributed by atoms with Gasteiger partial charge in [-0.3, -0.25) is 0 Å². The van der Waals surface area contributed by atoms with Crippen LogP contribution in [0.4, 0.5) is 8.78 Å². The Balaban J connectivity index is 2.07. The summed E-state index contributed by atoms with van der Waals surface area (Å²) in [6, 6.07) is 0. The summed E-state index contributed by atoms with van der Waals surface area (Å²) in [6.45, 7) is 1.19. The van der Waals surface area contributed by atoms with E-state index in [0.717, 1.165) is 6.42 Å². The SMILES string of the molecule is CN1CC2(CCC2(F)F)C1. The largest absolute Gasteiger partial charge is 0.305 e. The first kappa shape index (κ1) is 6.53. The molecule has 3 heteroatoms. The van der Waals surface area contributed by atoms with Crippen LogP contribution in [0.15, 0.2) is 0 Å². The molecule has 2 rings (SSSR count). The van der Waals surface area contributed by atoms with E-state index in [1.165, 1.54) is 0 Å². The van der Waals surface area contributed by atoms with Crippen molar-refractivity contribution >= 4 is 0 Å². The number of alkyl halides is 2. The highest BCUT2D eigenvalue weighted by molar-refractivity contribution is 5.10. The van der Waals surface area contributed by atoms with Crippen molar-refractivity contribution < 1.29 is 8.78 Å². The van der Waals surface area contributed by atoms with Crippen LogP contribution in [-0.2, 0) is 0 Å². The van der Waals surface area contributed by atoms with Gasteiger partial charge in [0.2, 0.25) is 0 Å². The molecule has 0 unspecified atom stereocenters. The van der Waals surface area contributed by atoms with Crippen LogP contribution in [0.5, 0.6) is 0 Å². The Bertz CT molecular complexity index is 161. The summed E-state index contributed by atoms with van der Waals surface area (Å²) in [4.78, 5) is 1.95. The van der Waals surface area contributed by atoms with Gasteiger partial charge in [-0.25, -0.2) is 8.78 Å². The topological polar surface area (TPSA) is 3.24 Å². The third-order valence-corrected chi connectivity index (χ3v) is 2.84. The van der Waals surface area contributed by atoms with Crippen LogP contribution in [0.2, 0.25) is 0 Å². The molecular weight excluding hydrogens is 136 g/mol. The first-order chi connectivity index (χ1) is 4.56. The Morgan fingerprint density at radius 3 is 1.90 bits per heavy atom. The van der Waals surface area contributed by atoms with Gasteiger partial charge in [-0.15, -0.1) is 0 Å². The number of hydrogen-bond acceptors (Lipinski definition) is 1. The zero-order valence-electron chi connectivity index (χ0n) is 6.03. The smallest absolute Gasteiger partial charge is 0.256 e. The minimum Gasteiger partial charge on any atom is -0.305 e. The Morgan fingerprint density at radius 2 is 1.80 bits per heavy atom. The molecule has 0 radical (unpaired) electrons. The number of rotatable bonds is 0. The van der Waals surface area contributed by atoms with Gasteiger partial charge in [0.25, 0.3) is 5.92 Å². The van der Waals surface area contributed by atoms with Crippen molar-refractivity contribution in [2.24, 2.45) is 5.41 Å². The standard InChI is InChI=1S/C7H11F2N/c1-10-4-6(5-10)2-3-7(6,8)9/h2-5H2,1H3. The lowest BCUT2D eigenvalue weighted by Crippen LogP contribution is -2.68. The summed E-state index contributed by atoms with van der Waals surface area (Å²) < 4.78 is 25.6. The third kappa shape index (κ3) is 0.546. The number of likely N-dealkylation sites (tertiary alicyclic amines) is 1. The van der Waals surface area contributed by atoms with Crippen molar-refractivity contribution in [1.82, 2.24) is 4.90 Å². The molecule has 0 aromatic rings. The molecule has 1 aliphatic carbocycles. The lowest BCUT2D eigenvalue weighted by molar-refractivity contribution is -0.254. The van der Waals surface area contributed by atoms with E-state index in [-0.39, 0.29) is 6.42 Å². The molecule has 0 amide bonds. The van der Waals surface area contributed by atoms with E-state index in [1.807, 2.05) is 11.9 Å². The highest BCUT2D eigenvalue weighted by atomic mass is 19.3. The highest BCUT2D eigenvalue weighted by Crippen LogP contribution is 2.58. The molecule has 0 N–H and O–H groups in total. The molecule has 1 saturated heterocycles. The van der Waals surface area contributed by atoms with Crippen molar-refractivity contribution in [3.63, 3.8) is 0 Å². The second-order valence-electron chi connectivity index (χ2n) is 3.66. The third-order valence-electron chi connectivity index (χ3n) is 2.84. The molecule has 2 fully saturated rings. The maximum Gasteiger partial charge on any atom is 0.256 e. The minimum absolute atomic E-state index is 0.112. The Morgan fingerprint density at radius 1 is 1.20 bits per heavy atom. The molecule has 1 saturated carbocycles. The first-order valence-electron chi connectivity index (χ1n) is 3.62. The molecule has 0 atom stereocenters. The normalized spacial score (nSPS) is 35.1. The number of halogens is 2. The Labute approximate surface area is 59.0 Å². The van der Waals surface area contributed by atoms with Crippen molar-refractivity contribution in [2.75, 3.05) is 20.1 Å². The average molecular weight is 147 g/mol. The quantitative estimate of drug-likeness (QED) is 0.500. The fourth-order valence-electron chi connectivity index (χ4n) is 2.04. The minimum atomic E-state index is -2.35.